The van der Waals surface area contributed by atoms with Crippen LogP contribution < -0.4 is 21.7 Å². The Bertz CT molecular complexity index is 725. The number of amides is 3. The van der Waals surface area contributed by atoms with Crippen LogP contribution in [0.2, 0.25) is 0 Å². The lowest BCUT2D eigenvalue weighted by atomic mass is 10.0. The number of aliphatic hydroxyl groups is 1. The standard InChI is InChI=1S/C18H30N4O10/c1-7(2)13(19)16(29)21-10(6-12(26)27)15(28)22-14(8(3)23)17(30)20-9(18(31)32)4-5-11(24)25/h7-10,13-14,23H,4-6,19H2,1-3H3,(H,20,30)(H,21,29)(H,22,28)(H,24,25)(H,26,27)(H,31,32). The van der Waals surface area contributed by atoms with Crippen LogP contribution in [-0.2, 0) is 28.8 Å². The van der Waals surface area contributed by atoms with Gasteiger partial charge >= 0.3 is 17.9 Å². The number of hydrogen-bond acceptors (Lipinski definition) is 8. The summed E-state index contributed by atoms with van der Waals surface area (Å²) in [5.74, 6) is -7.68. The van der Waals surface area contributed by atoms with E-state index in [1.807, 2.05) is 5.32 Å². The third-order valence-electron chi connectivity index (χ3n) is 4.36. The van der Waals surface area contributed by atoms with Gasteiger partial charge in [0.25, 0.3) is 0 Å². The number of hydrogen-bond donors (Lipinski definition) is 8. The van der Waals surface area contributed by atoms with E-state index in [1.165, 1.54) is 0 Å². The molecule has 0 aromatic rings. The largest absolute Gasteiger partial charge is 0.481 e. The van der Waals surface area contributed by atoms with Crippen LogP contribution in [0, 0.1) is 5.92 Å². The predicted molar refractivity (Wildman–Crippen MR) is 107 cm³/mol. The summed E-state index contributed by atoms with van der Waals surface area (Å²) in [5.41, 5.74) is 5.68. The molecule has 0 heterocycles. The first kappa shape index (κ1) is 28.7. The van der Waals surface area contributed by atoms with E-state index in [0.29, 0.717) is 0 Å². The SMILES string of the molecule is CC(C)C(N)C(=O)NC(CC(=O)O)C(=O)NC(C(=O)NC(CCC(=O)O)C(=O)O)C(C)O. The molecule has 0 saturated heterocycles. The highest BCUT2D eigenvalue weighted by atomic mass is 16.4. The molecular weight excluding hydrogens is 432 g/mol. The normalized spacial score (nSPS) is 15.6. The number of nitrogens with one attached hydrogen (secondary N) is 3. The maximum absolute atomic E-state index is 12.5. The van der Waals surface area contributed by atoms with Gasteiger partial charge in [0.1, 0.15) is 18.1 Å². The van der Waals surface area contributed by atoms with Crippen LogP contribution in [0.15, 0.2) is 0 Å². The molecule has 0 spiro atoms. The molecule has 0 bridgehead atoms. The summed E-state index contributed by atoms with van der Waals surface area (Å²) in [6.07, 6.45) is -3.42. The molecule has 5 atom stereocenters. The highest BCUT2D eigenvalue weighted by Crippen LogP contribution is 2.04. The van der Waals surface area contributed by atoms with Crippen molar-refractivity contribution >= 4 is 35.6 Å². The van der Waals surface area contributed by atoms with Crippen molar-refractivity contribution < 1.29 is 49.2 Å². The lowest BCUT2D eigenvalue weighted by Gasteiger charge is -2.26. The summed E-state index contributed by atoms with van der Waals surface area (Å²) in [4.78, 5) is 70.1. The number of carbonyl (C=O) groups excluding carboxylic acids is 3. The van der Waals surface area contributed by atoms with Crippen LogP contribution in [0.5, 0.6) is 0 Å². The minimum absolute atomic E-state index is 0.321. The van der Waals surface area contributed by atoms with Gasteiger partial charge < -0.3 is 42.1 Å². The van der Waals surface area contributed by atoms with Gasteiger partial charge in [-0.2, -0.15) is 0 Å². The van der Waals surface area contributed by atoms with E-state index in [2.05, 4.69) is 10.6 Å². The fourth-order valence-corrected chi connectivity index (χ4v) is 2.40. The van der Waals surface area contributed by atoms with Gasteiger partial charge in [-0.15, -0.1) is 0 Å². The molecule has 14 heteroatoms. The van der Waals surface area contributed by atoms with Gasteiger partial charge in [0.2, 0.25) is 17.7 Å². The number of nitrogens with two attached hydrogens (primary N) is 1. The topological polar surface area (TPSA) is 245 Å². The Hall–Kier alpha value is -3.26. The summed E-state index contributed by atoms with van der Waals surface area (Å²) in [6, 6.07) is -6.02. The predicted octanol–water partition coefficient (Wildman–Crippen LogP) is -2.77. The van der Waals surface area contributed by atoms with Gasteiger partial charge in [-0.1, -0.05) is 13.8 Å². The number of carbonyl (C=O) groups is 6. The molecule has 0 aliphatic rings. The van der Waals surface area contributed by atoms with Crippen LogP contribution in [0.4, 0.5) is 0 Å². The average Bonchev–Trinajstić information content (AvgIpc) is 2.66. The van der Waals surface area contributed by atoms with Crippen LogP contribution in [0.25, 0.3) is 0 Å². The van der Waals surface area contributed by atoms with Crippen LogP contribution in [-0.4, -0.2) is 86.3 Å². The van der Waals surface area contributed by atoms with E-state index in [9.17, 15) is 33.9 Å². The molecule has 182 valence electrons. The monoisotopic (exact) mass is 462 g/mol. The van der Waals surface area contributed by atoms with Crippen molar-refractivity contribution in [2.75, 3.05) is 0 Å². The van der Waals surface area contributed by atoms with Crippen molar-refractivity contribution in [3.8, 4) is 0 Å². The maximum Gasteiger partial charge on any atom is 0.326 e. The molecule has 32 heavy (non-hydrogen) atoms. The smallest absolute Gasteiger partial charge is 0.326 e. The van der Waals surface area contributed by atoms with Gasteiger partial charge in [-0.3, -0.25) is 24.0 Å². The van der Waals surface area contributed by atoms with Crippen molar-refractivity contribution in [1.29, 1.82) is 0 Å². The number of aliphatic carboxylic acids is 3. The number of carboxylic acids is 3. The van der Waals surface area contributed by atoms with Gasteiger partial charge in [0, 0.05) is 6.42 Å². The first-order valence-electron chi connectivity index (χ1n) is 9.68. The lowest BCUT2D eigenvalue weighted by Crippen LogP contribution is -2.60. The van der Waals surface area contributed by atoms with Crippen LogP contribution >= 0.6 is 0 Å². The molecule has 3 amide bonds. The van der Waals surface area contributed by atoms with E-state index in [4.69, 9.17) is 21.1 Å². The third-order valence-corrected chi connectivity index (χ3v) is 4.36. The first-order chi connectivity index (χ1) is 14.7. The maximum atomic E-state index is 12.5. The molecule has 0 radical (unpaired) electrons. The van der Waals surface area contributed by atoms with E-state index < -0.39 is 85.2 Å². The van der Waals surface area contributed by atoms with Crippen molar-refractivity contribution in [3.63, 3.8) is 0 Å². The average molecular weight is 462 g/mol. The van der Waals surface area contributed by atoms with E-state index in [-0.39, 0.29) is 5.92 Å². The van der Waals surface area contributed by atoms with Crippen molar-refractivity contribution in [2.24, 2.45) is 11.7 Å². The molecule has 0 aliphatic carbocycles. The second kappa shape index (κ2) is 13.2. The van der Waals surface area contributed by atoms with Gasteiger partial charge in [0.15, 0.2) is 0 Å². The zero-order valence-electron chi connectivity index (χ0n) is 17.9. The molecule has 14 nitrogen and oxygen atoms in total. The second-order valence-electron chi connectivity index (χ2n) is 7.49. The Kier molecular flexibility index (Phi) is 11.9. The summed E-state index contributed by atoms with van der Waals surface area (Å²) in [6.45, 7) is 4.37. The summed E-state index contributed by atoms with van der Waals surface area (Å²) < 4.78 is 0. The zero-order chi connectivity index (χ0) is 25.2. The Balaban J connectivity index is 5.45. The fourth-order valence-electron chi connectivity index (χ4n) is 2.40. The van der Waals surface area contributed by atoms with Gasteiger partial charge in [-0.05, 0) is 19.3 Å². The minimum atomic E-state index is -1.72. The third kappa shape index (κ3) is 10.2. The molecule has 0 aromatic carbocycles. The zero-order valence-corrected chi connectivity index (χ0v) is 17.9. The van der Waals surface area contributed by atoms with Crippen molar-refractivity contribution in [2.45, 2.75) is 70.3 Å². The number of aliphatic hydroxyl groups excluding tert-OH is 1. The summed E-state index contributed by atoms with van der Waals surface area (Å²) >= 11 is 0. The minimum Gasteiger partial charge on any atom is -0.481 e. The molecule has 0 aliphatic heterocycles. The Labute approximate surface area is 183 Å². The molecule has 0 saturated carbocycles. The molecule has 5 unspecified atom stereocenters. The highest BCUT2D eigenvalue weighted by molar-refractivity contribution is 5.95. The van der Waals surface area contributed by atoms with Crippen LogP contribution in [0.3, 0.4) is 0 Å². The Morgan fingerprint density at radius 1 is 0.781 bits per heavy atom. The van der Waals surface area contributed by atoms with Crippen LogP contribution in [0.1, 0.15) is 40.0 Å². The van der Waals surface area contributed by atoms with Crippen molar-refractivity contribution in [3.05, 3.63) is 0 Å². The van der Waals surface area contributed by atoms with Crippen molar-refractivity contribution in [1.82, 2.24) is 16.0 Å². The second-order valence-corrected chi connectivity index (χ2v) is 7.49. The van der Waals surface area contributed by atoms with Gasteiger partial charge in [0.05, 0.1) is 18.6 Å². The summed E-state index contributed by atoms with van der Waals surface area (Å²) in [5, 5.41) is 43.0. The highest BCUT2D eigenvalue weighted by Gasteiger charge is 2.33. The Morgan fingerprint density at radius 3 is 1.72 bits per heavy atom. The summed E-state index contributed by atoms with van der Waals surface area (Å²) in [7, 11) is 0. The molecule has 0 rings (SSSR count). The number of rotatable bonds is 14. The van der Waals surface area contributed by atoms with E-state index in [1.54, 1.807) is 13.8 Å². The van der Waals surface area contributed by atoms with Gasteiger partial charge in [-0.25, -0.2) is 4.79 Å². The van der Waals surface area contributed by atoms with E-state index >= 15 is 0 Å². The molecule has 0 aromatic heterocycles. The lowest BCUT2D eigenvalue weighted by molar-refractivity contribution is -0.145. The Morgan fingerprint density at radius 2 is 1.31 bits per heavy atom. The number of carboxylic acid groups (broad SMARTS) is 3. The van der Waals surface area contributed by atoms with E-state index in [0.717, 1.165) is 6.92 Å². The first-order valence-corrected chi connectivity index (χ1v) is 9.68. The molecule has 9 N–H and O–H groups in total. The molecular formula is C18H30N4O10. The fraction of sp³-hybridized carbons (Fsp3) is 0.667. The molecule has 0 fully saturated rings. The quantitative estimate of drug-likeness (QED) is 0.131.